The third-order valence-electron chi connectivity index (χ3n) is 4.69. The van der Waals surface area contributed by atoms with Crippen molar-refractivity contribution < 1.29 is 9.90 Å². The van der Waals surface area contributed by atoms with Crippen molar-refractivity contribution in [3.63, 3.8) is 0 Å². The van der Waals surface area contributed by atoms with E-state index in [-0.39, 0.29) is 12.5 Å². The number of nitrogens with zero attached hydrogens (tertiary/aromatic N) is 1. The van der Waals surface area contributed by atoms with Gasteiger partial charge in [0.15, 0.2) is 0 Å². The van der Waals surface area contributed by atoms with Crippen LogP contribution in [0.3, 0.4) is 0 Å². The molecule has 0 bridgehead atoms. The zero-order valence-corrected chi connectivity index (χ0v) is 11.9. The van der Waals surface area contributed by atoms with Crippen molar-refractivity contribution in [1.29, 1.82) is 0 Å². The molecule has 1 amide bonds. The van der Waals surface area contributed by atoms with E-state index in [0.717, 1.165) is 25.8 Å². The monoisotopic (exact) mass is 273 g/mol. The number of benzene rings is 1. The number of amides is 1. The molecule has 0 spiro atoms. The van der Waals surface area contributed by atoms with Gasteiger partial charge >= 0.3 is 0 Å². The minimum atomic E-state index is 0.170. The van der Waals surface area contributed by atoms with Crippen molar-refractivity contribution in [3.8, 4) is 0 Å². The van der Waals surface area contributed by atoms with Crippen LogP contribution in [0.4, 0.5) is 0 Å². The summed E-state index contributed by atoms with van der Waals surface area (Å²) in [5.41, 5.74) is 1.29. The maximum Gasteiger partial charge on any atom is 0.226 e. The molecule has 2 atom stereocenters. The smallest absolute Gasteiger partial charge is 0.226 e. The van der Waals surface area contributed by atoms with E-state index in [9.17, 15) is 4.79 Å². The molecule has 2 aliphatic rings. The van der Waals surface area contributed by atoms with Gasteiger partial charge < -0.3 is 10.0 Å². The number of carbonyl (C=O) groups is 1. The Morgan fingerprint density at radius 2 is 2.00 bits per heavy atom. The van der Waals surface area contributed by atoms with Gasteiger partial charge in [0.1, 0.15) is 0 Å². The number of rotatable bonds is 6. The third kappa shape index (κ3) is 2.73. The second kappa shape index (κ2) is 5.96. The summed E-state index contributed by atoms with van der Waals surface area (Å²) in [6.07, 6.45) is 5.20. The standard InChI is InChI=1S/C17H23NO2/c19-11-5-10-18(14-8-4-9-14)17(20)16-12-15(16)13-6-2-1-3-7-13/h1-3,6-7,14-16,19H,4-5,8-12H2. The lowest BCUT2D eigenvalue weighted by molar-refractivity contribution is -0.137. The van der Waals surface area contributed by atoms with E-state index in [1.54, 1.807) is 0 Å². The molecule has 1 aromatic rings. The first-order valence-electron chi connectivity index (χ1n) is 7.77. The number of aliphatic hydroxyl groups is 1. The molecule has 1 aromatic carbocycles. The molecule has 2 saturated carbocycles. The summed E-state index contributed by atoms with van der Waals surface area (Å²) in [7, 11) is 0. The van der Waals surface area contributed by atoms with E-state index >= 15 is 0 Å². The zero-order chi connectivity index (χ0) is 13.9. The van der Waals surface area contributed by atoms with E-state index in [1.165, 1.54) is 12.0 Å². The summed E-state index contributed by atoms with van der Waals surface area (Å²) >= 11 is 0. The van der Waals surface area contributed by atoms with Gasteiger partial charge in [-0.1, -0.05) is 30.3 Å². The van der Waals surface area contributed by atoms with Gasteiger partial charge in [-0.15, -0.1) is 0 Å². The minimum absolute atomic E-state index is 0.170. The molecule has 3 heteroatoms. The Morgan fingerprint density at radius 3 is 2.60 bits per heavy atom. The number of aliphatic hydroxyl groups excluding tert-OH is 1. The van der Waals surface area contributed by atoms with Crippen LogP contribution in [-0.4, -0.2) is 35.1 Å². The van der Waals surface area contributed by atoms with E-state index < -0.39 is 0 Å². The molecule has 0 radical (unpaired) electrons. The second-order valence-corrected chi connectivity index (χ2v) is 6.05. The van der Waals surface area contributed by atoms with Gasteiger partial charge in [0, 0.05) is 25.1 Å². The lowest BCUT2D eigenvalue weighted by Crippen LogP contribution is -2.45. The van der Waals surface area contributed by atoms with Crippen molar-refractivity contribution in [3.05, 3.63) is 35.9 Å². The van der Waals surface area contributed by atoms with E-state index in [0.29, 0.717) is 24.3 Å². The molecule has 2 unspecified atom stereocenters. The van der Waals surface area contributed by atoms with Gasteiger partial charge in [-0.25, -0.2) is 0 Å². The van der Waals surface area contributed by atoms with Gasteiger partial charge in [0.2, 0.25) is 5.91 Å². The molecule has 2 aliphatic carbocycles. The fourth-order valence-electron chi connectivity index (χ4n) is 3.16. The van der Waals surface area contributed by atoms with Crippen LogP contribution in [0, 0.1) is 5.92 Å². The Morgan fingerprint density at radius 1 is 1.25 bits per heavy atom. The highest BCUT2D eigenvalue weighted by atomic mass is 16.3. The van der Waals surface area contributed by atoms with E-state index in [2.05, 4.69) is 12.1 Å². The highest BCUT2D eigenvalue weighted by Gasteiger charge is 2.47. The van der Waals surface area contributed by atoms with Gasteiger partial charge in [0.05, 0.1) is 0 Å². The van der Waals surface area contributed by atoms with Crippen LogP contribution in [0.25, 0.3) is 0 Å². The van der Waals surface area contributed by atoms with Crippen molar-refractivity contribution >= 4 is 5.91 Å². The molecule has 0 heterocycles. The van der Waals surface area contributed by atoms with Crippen molar-refractivity contribution in [2.75, 3.05) is 13.2 Å². The quantitative estimate of drug-likeness (QED) is 0.865. The molecule has 3 nitrogen and oxygen atoms in total. The summed E-state index contributed by atoms with van der Waals surface area (Å²) in [5, 5.41) is 9.02. The fraction of sp³-hybridized carbons (Fsp3) is 0.588. The maximum atomic E-state index is 12.7. The molecule has 0 aromatic heterocycles. The third-order valence-corrected chi connectivity index (χ3v) is 4.69. The van der Waals surface area contributed by atoms with Crippen LogP contribution in [-0.2, 0) is 4.79 Å². The summed E-state index contributed by atoms with van der Waals surface area (Å²) in [6, 6.07) is 10.8. The van der Waals surface area contributed by atoms with E-state index in [4.69, 9.17) is 5.11 Å². The topological polar surface area (TPSA) is 40.5 Å². The molecule has 0 saturated heterocycles. The summed E-state index contributed by atoms with van der Waals surface area (Å²) in [5.74, 6) is 0.911. The molecule has 0 aliphatic heterocycles. The average molecular weight is 273 g/mol. The van der Waals surface area contributed by atoms with Crippen LogP contribution in [0.1, 0.15) is 43.6 Å². The molecular weight excluding hydrogens is 250 g/mol. The normalized spacial score (nSPS) is 25.1. The lowest BCUT2D eigenvalue weighted by Gasteiger charge is -2.38. The Kier molecular flexibility index (Phi) is 4.06. The zero-order valence-electron chi connectivity index (χ0n) is 11.9. The van der Waals surface area contributed by atoms with Gasteiger partial charge in [0.25, 0.3) is 0 Å². The van der Waals surface area contributed by atoms with Crippen molar-refractivity contribution in [1.82, 2.24) is 4.90 Å². The highest BCUT2D eigenvalue weighted by Crippen LogP contribution is 2.49. The predicted molar refractivity (Wildman–Crippen MR) is 78.3 cm³/mol. The van der Waals surface area contributed by atoms with Gasteiger partial charge in [-0.3, -0.25) is 4.79 Å². The van der Waals surface area contributed by atoms with Crippen LogP contribution in [0.2, 0.25) is 0 Å². The Hall–Kier alpha value is -1.35. The Bertz CT molecular complexity index is 455. The van der Waals surface area contributed by atoms with Crippen molar-refractivity contribution in [2.24, 2.45) is 5.92 Å². The predicted octanol–water partition coefficient (Wildman–Crippen LogP) is 2.55. The SMILES string of the molecule is O=C(C1CC1c1ccccc1)N(CCCO)C1CCC1. The number of hydrogen-bond donors (Lipinski definition) is 1. The first kappa shape index (κ1) is 13.6. The van der Waals surface area contributed by atoms with E-state index in [1.807, 2.05) is 23.1 Å². The molecule has 108 valence electrons. The molecule has 2 fully saturated rings. The molecule has 20 heavy (non-hydrogen) atoms. The highest BCUT2D eigenvalue weighted by molar-refractivity contribution is 5.83. The first-order valence-corrected chi connectivity index (χ1v) is 7.77. The Balaban J connectivity index is 1.62. The van der Waals surface area contributed by atoms with Crippen LogP contribution in [0.15, 0.2) is 30.3 Å². The first-order chi connectivity index (χ1) is 9.81. The summed E-state index contributed by atoms with van der Waals surface area (Å²) in [6.45, 7) is 0.890. The molecule has 1 N–H and O–H groups in total. The van der Waals surface area contributed by atoms with Crippen molar-refractivity contribution in [2.45, 2.75) is 44.1 Å². The van der Waals surface area contributed by atoms with Gasteiger partial charge in [-0.2, -0.15) is 0 Å². The molecule has 3 rings (SSSR count). The summed E-state index contributed by atoms with van der Waals surface area (Å²) in [4.78, 5) is 14.7. The van der Waals surface area contributed by atoms with Crippen LogP contribution in [0.5, 0.6) is 0 Å². The Labute approximate surface area is 120 Å². The van der Waals surface area contributed by atoms with Crippen LogP contribution >= 0.6 is 0 Å². The maximum absolute atomic E-state index is 12.7. The van der Waals surface area contributed by atoms with Gasteiger partial charge in [-0.05, 0) is 43.6 Å². The minimum Gasteiger partial charge on any atom is -0.396 e. The lowest BCUT2D eigenvalue weighted by atomic mass is 9.91. The number of carbonyl (C=O) groups excluding carboxylic acids is 1. The fourth-order valence-corrected chi connectivity index (χ4v) is 3.16. The number of hydrogen-bond acceptors (Lipinski definition) is 2. The summed E-state index contributed by atoms with van der Waals surface area (Å²) < 4.78 is 0. The van der Waals surface area contributed by atoms with Crippen LogP contribution < -0.4 is 0 Å². The average Bonchev–Trinajstić information content (AvgIpc) is 3.22. The second-order valence-electron chi connectivity index (χ2n) is 6.05. The molecular formula is C17H23NO2. The largest absolute Gasteiger partial charge is 0.396 e.